The highest BCUT2D eigenvalue weighted by Crippen LogP contribution is 2.24. The van der Waals surface area contributed by atoms with E-state index < -0.39 is 0 Å². The number of nitrogens with two attached hydrogens (primary N) is 1. The Morgan fingerprint density at radius 3 is 2.56 bits per heavy atom. The lowest BCUT2D eigenvalue weighted by atomic mass is 10.1. The second-order valence-electron chi connectivity index (χ2n) is 5.83. The lowest BCUT2D eigenvalue weighted by molar-refractivity contribution is -0.121. The molecule has 4 heteroatoms. The van der Waals surface area contributed by atoms with Crippen LogP contribution >= 0.6 is 0 Å². The van der Waals surface area contributed by atoms with Gasteiger partial charge in [0.1, 0.15) is 0 Å². The summed E-state index contributed by atoms with van der Waals surface area (Å²) in [6.07, 6.45) is 8.11. The summed E-state index contributed by atoms with van der Waals surface area (Å²) in [5, 5.41) is 0. The fourth-order valence-electron chi connectivity index (χ4n) is 2.69. The first-order valence-corrected chi connectivity index (χ1v) is 7.37. The molecule has 0 aliphatic heterocycles. The van der Waals surface area contributed by atoms with Gasteiger partial charge in [-0.2, -0.15) is 0 Å². The Morgan fingerprint density at radius 1 is 1.33 bits per heavy atom. The van der Waals surface area contributed by atoms with Gasteiger partial charge in [0, 0.05) is 12.5 Å². The Bertz CT molecular complexity index is 237. The molecule has 1 rings (SSSR count). The Balaban J connectivity index is 2.31. The first-order chi connectivity index (χ1) is 8.63. The molecule has 18 heavy (non-hydrogen) atoms. The number of carbonyl (C=O) groups excluding carboxylic acids is 1. The topological polar surface area (TPSA) is 58.4 Å². The van der Waals surface area contributed by atoms with Crippen molar-refractivity contribution < 1.29 is 4.79 Å². The van der Waals surface area contributed by atoms with Crippen molar-refractivity contribution in [3.63, 3.8) is 0 Å². The predicted molar refractivity (Wildman–Crippen MR) is 74.8 cm³/mol. The zero-order chi connectivity index (χ0) is 13.4. The number of amides is 1. The zero-order valence-corrected chi connectivity index (χ0v) is 12.0. The van der Waals surface area contributed by atoms with Crippen LogP contribution in [0.4, 0.5) is 0 Å². The fourth-order valence-corrected chi connectivity index (χ4v) is 2.69. The van der Waals surface area contributed by atoms with Crippen LogP contribution in [0.3, 0.4) is 0 Å². The molecule has 1 saturated carbocycles. The molecule has 1 amide bonds. The Labute approximate surface area is 111 Å². The molecule has 1 aliphatic rings. The van der Waals surface area contributed by atoms with Gasteiger partial charge in [-0.05, 0) is 44.7 Å². The molecule has 0 spiro atoms. The highest BCUT2D eigenvalue weighted by atomic mass is 16.2. The summed E-state index contributed by atoms with van der Waals surface area (Å²) in [5.41, 5.74) is 2.20. The number of hydrazine groups is 1. The van der Waals surface area contributed by atoms with Gasteiger partial charge in [-0.25, -0.2) is 5.84 Å². The summed E-state index contributed by atoms with van der Waals surface area (Å²) < 4.78 is 0. The normalized spacial score (nSPS) is 16.7. The molecule has 1 fully saturated rings. The monoisotopic (exact) mass is 255 g/mol. The van der Waals surface area contributed by atoms with Crippen LogP contribution in [0.1, 0.15) is 58.8 Å². The molecule has 0 bridgehead atoms. The molecular formula is C14H29N3O. The molecule has 0 saturated heterocycles. The zero-order valence-electron chi connectivity index (χ0n) is 12.0. The molecule has 0 atom stereocenters. The van der Waals surface area contributed by atoms with Gasteiger partial charge in [0.05, 0.1) is 0 Å². The van der Waals surface area contributed by atoms with Crippen LogP contribution in [-0.4, -0.2) is 29.9 Å². The summed E-state index contributed by atoms with van der Waals surface area (Å²) in [7, 11) is 0. The van der Waals surface area contributed by atoms with E-state index in [9.17, 15) is 4.79 Å². The van der Waals surface area contributed by atoms with Crippen molar-refractivity contribution in [1.82, 2.24) is 10.3 Å². The third kappa shape index (κ3) is 5.83. The molecule has 0 radical (unpaired) electrons. The maximum Gasteiger partial charge on any atom is 0.233 e. The van der Waals surface area contributed by atoms with Crippen LogP contribution in [-0.2, 0) is 4.79 Å². The Morgan fingerprint density at radius 2 is 2.00 bits per heavy atom. The highest BCUT2D eigenvalue weighted by Gasteiger charge is 2.22. The van der Waals surface area contributed by atoms with Gasteiger partial charge >= 0.3 is 0 Å². The number of carbonyl (C=O) groups is 1. The van der Waals surface area contributed by atoms with Crippen LogP contribution < -0.4 is 11.3 Å². The van der Waals surface area contributed by atoms with E-state index in [0.717, 1.165) is 24.9 Å². The maximum absolute atomic E-state index is 11.1. The predicted octanol–water partition coefficient (Wildman–Crippen LogP) is 2.05. The van der Waals surface area contributed by atoms with Gasteiger partial charge in [-0.3, -0.25) is 10.2 Å². The van der Waals surface area contributed by atoms with Crippen molar-refractivity contribution in [2.45, 2.75) is 64.8 Å². The smallest absolute Gasteiger partial charge is 0.233 e. The third-order valence-electron chi connectivity index (χ3n) is 3.84. The van der Waals surface area contributed by atoms with Crippen molar-refractivity contribution in [1.29, 1.82) is 0 Å². The molecule has 0 aromatic carbocycles. The minimum Gasteiger partial charge on any atom is -0.300 e. The number of nitrogens with zero attached hydrogens (tertiary/aromatic N) is 1. The van der Waals surface area contributed by atoms with E-state index in [4.69, 9.17) is 5.84 Å². The Kier molecular flexibility index (Phi) is 7.28. The van der Waals surface area contributed by atoms with E-state index in [1.807, 2.05) is 0 Å². The van der Waals surface area contributed by atoms with Gasteiger partial charge in [-0.15, -0.1) is 0 Å². The number of nitrogens with one attached hydrogen (secondary N) is 1. The van der Waals surface area contributed by atoms with Gasteiger partial charge < -0.3 is 4.90 Å². The highest BCUT2D eigenvalue weighted by molar-refractivity contribution is 5.75. The summed E-state index contributed by atoms with van der Waals surface area (Å²) in [4.78, 5) is 13.7. The van der Waals surface area contributed by atoms with E-state index in [0.29, 0.717) is 6.42 Å². The van der Waals surface area contributed by atoms with Gasteiger partial charge in [0.2, 0.25) is 5.91 Å². The van der Waals surface area contributed by atoms with E-state index in [1.165, 1.54) is 38.6 Å². The average Bonchev–Trinajstić information content (AvgIpc) is 2.86. The minimum absolute atomic E-state index is 0.0507. The second-order valence-corrected chi connectivity index (χ2v) is 5.83. The molecule has 0 unspecified atom stereocenters. The largest absolute Gasteiger partial charge is 0.300 e. The second kappa shape index (κ2) is 8.48. The fraction of sp³-hybridized carbons (Fsp3) is 0.929. The summed E-state index contributed by atoms with van der Waals surface area (Å²) in [5.74, 6) is 5.80. The SMILES string of the molecule is CC(C)CCN(CCCC(=O)NN)C1CCCC1. The van der Waals surface area contributed by atoms with E-state index >= 15 is 0 Å². The first kappa shape index (κ1) is 15.4. The number of hydrogen-bond donors (Lipinski definition) is 2. The van der Waals surface area contributed by atoms with Crippen LogP contribution in [0.15, 0.2) is 0 Å². The summed E-state index contributed by atoms with van der Waals surface area (Å²) >= 11 is 0. The number of rotatable bonds is 8. The van der Waals surface area contributed by atoms with Crippen LogP contribution in [0.25, 0.3) is 0 Å². The van der Waals surface area contributed by atoms with Gasteiger partial charge in [0.15, 0.2) is 0 Å². The van der Waals surface area contributed by atoms with E-state index in [1.54, 1.807) is 0 Å². The molecule has 0 aromatic rings. The van der Waals surface area contributed by atoms with Gasteiger partial charge in [-0.1, -0.05) is 26.7 Å². The molecular weight excluding hydrogens is 226 g/mol. The molecule has 0 heterocycles. The van der Waals surface area contributed by atoms with Crippen molar-refractivity contribution in [2.75, 3.05) is 13.1 Å². The van der Waals surface area contributed by atoms with E-state index in [-0.39, 0.29) is 5.91 Å². The van der Waals surface area contributed by atoms with Crippen molar-refractivity contribution in [2.24, 2.45) is 11.8 Å². The van der Waals surface area contributed by atoms with Crippen molar-refractivity contribution in [3.05, 3.63) is 0 Å². The Hall–Kier alpha value is -0.610. The minimum atomic E-state index is -0.0507. The molecule has 106 valence electrons. The quantitative estimate of drug-likeness (QED) is 0.396. The van der Waals surface area contributed by atoms with Crippen molar-refractivity contribution in [3.8, 4) is 0 Å². The maximum atomic E-state index is 11.1. The van der Waals surface area contributed by atoms with Crippen LogP contribution in [0.2, 0.25) is 0 Å². The molecule has 0 aromatic heterocycles. The lowest BCUT2D eigenvalue weighted by Gasteiger charge is -2.29. The molecule has 3 N–H and O–H groups in total. The van der Waals surface area contributed by atoms with Crippen LogP contribution in [0.5, 0.6) is 0 Å². The third-order valence-corrected chi connectivity index (χ3v) is 3.84. The first-order valence-electron chi connectivity index (χ1n) is 7.37. The molecule has 1 aliphatic carbocycles. The standard InChI is InChI=1S/C14H29N3O/c1-12(2)9-11-17(13-6-3-4-7-13)10-5-8-14(18)16-15/h12-13H,3-11,15H2,1-2H3,(H,16,18). The van der Waals surface area contributed by atoms with Crippen molar-refractivity contribution >= 4 is 5.91 Å². The number of hydrogen-bond acceptors (Lipinski definition) is 3. The van der Waals surface area contributed by atoms with E-state index in [2.05, 4.69) is 24.2 Å². The summed E-state index contributed by atoms with van der Waals surface area (Å²) in [6, 6.07) is 0.754. The molecule has 4 nitrogen and oxygen atoms in total. The average molecular weight is 255 g/mol. The van der Waals surface area contributed by atoms with Crippen LogP contribution in [0, 0.1) is 5.92 Å². The summed E-state index contributed by atoms with van der Waals surface area (Å²) in [6.45, 7) is 6.75. The van der Waals surface area contributed by atoms with Gasteiger partial charge in [0.25, 0.3) is 0 Å². The lowest BCUT2D eigenvalue weighted by Crippen LogP contribution is -2.36.